The lowest BCUT2D eigenvalue weighted by Crippen LogP contribution is -2.10. The van der Waals surface area contributed by atoms with E-state index >= 15 is 0 Å². The summed E-state index contributed by atoms with van der Waals surface area (Å²) in [6.45, 7) is 0.468. The number of hydrogen-bond donors (Lipinski definition) is 0. The van der Waals surface area contributed by atoms with E-state index in [1.807, 2.05) is 0 Å². The van der Waals surface area contributed by atoms with Crippen LogP contribution in [0.15, 0.2) is 42.5 Å². The van der Waals surface area contributed by atoms with Gasteiger partial charge in [-0.25, -0.2) is 0 Å². The Labute approximate surface area is 121 Å². The molecule has 0 amide bonds. The highest BCUT2D eigenvalue weighted by molar-refractivity contribution is 5.74. The van der Waals surface area contributed by atoms with Crippen molar-refractivity contribution in [3.8, 4) is 16.9 Å². The molecule has 2 aromatic rings. The van der Waals surface area contributed by atoms with Crippen molar-refractivity contribution in [1.82, 2.24) is 0 Å². The summed E-state index contributed by atoms with van der Waals surface area (Å²) in [5.74, 6) is 0.146. The van der Waals surface area contributed by atoms with E-state index in [0.717, 1.165) is 6.07 Å². The molecule has 2 nitrogen and oxygen atoms in total. The molecule has 2 rings (SSSR count). The van der Waals surface area contributed by atoms with E-state index in [1.165, 1.54) is 13.2 Å². The number of alkyl halides is 3. The first kappa shape index (κ1) is 15.4. The molecule has 1 radical (unpaired) electrons. The fraction of sp³-hybridized carbons (Fsp3) is 0.250. The van der Waals surface area contributed by atoms with Gasteiger partial charge in [0.25, 0.3) is 0 Å². The molecule has 0 aliphatic heterocycles. The smallest absolute Gasteiger partial charge is 0.417 e. The van der Waals surface area contributed by atoms with Crippen LogP contribution in [0.5, 0.6) is 5.75 Å². The van der Waals surface area contributed by atoms with Crippen LogP contribution < -0.4 is 4.74 Å². The van der Waals surface area contributed by atoms with E-state index < -0.39 is 11.7 Å². The maximum Gasteiger partial charge on any atom is 0.417 e. The highest BCUT2D eigenvalue weighted by atomic mass is 19.4. The second-order valence-electron chi connectivity index (χ2n) is 4.31. The van der Waals surface area contributed by atoms with Crippen molar-refractivity contribution in [1.29, 1.82) is 0 Å². The van der Waals surface area contributed by atoms with E-state index in [9.17, 15) is 13.2 Å². The summed E-state index contributed by atoms with van der Waals surface area (Å²) >= 11 is 0. The predicted molar refractivity (Wildman–Crippen MR) is 73.1 cm³/mol. The minimum Gasteiger partial charge on any atom is -0.491 e. The average Bonchev–Trinajstić information content (AvgIpc) is 2.47. The van der Waals surface area contributed by atoms with Crippen LogP contribution in [-0.4, -0.2) is 20.3 Å². The maximum absolute atomic E-state index is 13.2. The fourth-order valence-electron chi connectivity index (χ4n) is 1.95. The lowest BCUT2D eigenvalue weighted by molar-refractivity contribution is -0.137. The SMILES string of the molecule is COCCOc1c[c]cc(C(F)(F)F)c1-c1ccccc1. The molecule has 0 unspecified atom stereocenters. The molecule has 2 aromatic carbocycles. The molecule has 0 bridgehead atoms. The number of ether oxygens (including phenoxy) is 2. The van der Waals surface area contributed by atoms with Gasteiger partial charge in [-0.05, 0) is 23.8 Å². The predicted octanol–water partition coefficient (Wildman–Crippen LogP) is 4.20. The zero-order valence-corrected chi connectivity index (χ0v) is 11.4. The largest absolute Gasteiger partial charge is 0.491 e. The molecular weight excluding hydrogens is 281 g/mol. The van der Waals surface area contributed by atoms with E-state index in [2.05, 4.69) is 6.07 Å². The van der Waals surface area contributed by atoms with Crippen LogP contribution in [0.25, 0.3) is 11.1 Å². The quantitative estimate of drug-likeness (QED) is 0.770. The van der Waals surface area contributed by atoms with E-state index in [1.54, 1.807) is 30.3 Å². The molecule has 0 saturated carbocycles. The minimum atomic E-state index is -4.47. The molecule has 0 N–H and O–H groups in total. The van der Waals surface area contributed by atoms with Crippen molar-refractivity contribution < 1.29 is 22.6 Å². The Bertz CT molecular complexity index is 580. The molecule has 21 heavy (non-hydrogen) atoms. The fourth-order valence-corrected chi connectivity index (χ4v) is 1.95. The second-order valence-corrected chi connectivity index (χ2v) is 4.31. The number of methoxy groups -OCH3 is 1. The second kappa shape index (κ2) is 6.63. The van der Waals surface area contributed by atoms with Gasteiger partial charge in [0.15, 0.2) is 0 Å². The summed E-state index contributed by atoms with van der Waals surface area (Å²) in [5, 5.41) is 0. The molecule has 111 valence electrons. The molecule has 0 saturated heterocycles. The Morgan fingerprint density at radius 3 is 2.38 bits per heavy atom. The molecule has 0 aliphatic rings. The first-order valence-corrected chi connectivity index (χ1v) is 6.32. The van der Waals surface area contributed by atoms with Crippen molar-refractivity contribution in [3.63, 3.8) is 0 Å². The minimum absolute atomic E-state index is 0.0259. The first-order valence-electron chi connectivity index (χ1n) is 6.32. The van der Waals surface area contributed by atoms with Gasteiger partial charge in [-0.3, -0.25) is 0 Å². The molecule has 0 fully saturated rings. The van der Waals surface area contributed by atoms with Gasteiger partial charge >= 0.3 is 6.18 Å². The van der Waals surface area contributed by atoms with Crippen LogP contribution in [0, 0.1) is 6.07 Å². The summed E-state index contributed by atoms with van der Waals surface area (Å²) in [7, 11) is 1.50. The standard InChI is InChI=1S/C16H14F3O2/c1-20-10-11-21-14-9-5-8-13(16(17,18)19)15(14)12-6-3-2-4-7-12/h2-4,6-9H,10-11H2,1H3. The number of benzene rings is 2. The van der Waals surface area contributed by atoms with Crippen molar-refractivity contribution in [3.05, 3.63) is 54.1 Å². The Kier molecular flexibility index (Phi) is 4.85. The summed E-state index contributed by atoms with van der Waals surface area (Å²) in [6, 6.07) is 13.2. The van der Waals surface area contributed by atoms with Gasteiger partial charge in [0.05, 0.1) is 12.2 Å². The van der Waals surface area contributed by atoms with Crippen molar-refractivity contribution >= 4 is 0 Å². The molecular formula is C16H14F3O2. The van der Waals surface area contributed by atoms with Gasteiger partial charge in [-0.1, -0.05) is 30.3 Å². The van der Waals surface area contributed by atoms with Gasteiger partial charge in [0, 0.05) is 12.7 Å². The van der Waals surface area contributed by atoms with Gasteiger partial charge < -0.3 is 9.47 Å². The zero-order valence-electron chi connectivity index (χ0n) is 11.4. The molecule has 0 spiro atoms. The van der Waals surface area contributed by atoms with Gasteiger partial charge in [-0.2, -0.15) is 13.2 Å². The van der Waals surface area contributed by atoms with Gasteiger partial charge in [0.2, 0.25) is 0 Å². The average molecular weight is 295 g/mol. The molecule has 0 aliphatic carbocycles. The van der Waals surface area contributed by atoms with Crippen molar-refractivity contribution in [2.75, 3.05) is 20.3 Å². The Hall–Kier alpha value is -2.01. The third kappa shape index (κ3) is 3.76. The summed E-state index contributed by atoms with van der Waals surface area (Å²) in [5.41, 5.74) is -0.284. The Balaban J connectivity index is 2.50. The third-order valence-electron chi connectivity index (χ3n) is 2.87. The topological polar surface area (TPSA) is 18.5 Å². The number of rotatable bonds is 5. The normalized spacial score (nSPS) is 11.4. The van der Waals surface area contributed by atoms with Crippen LogP contribution in [0.2, 0.25) is 0 Å². The van der Waals surface area contributed by atoms with Crippen LogP contribution in [0.3, 0.4) is 0 Å². The first-order chi connectivity index (χ1) is 10.0. The van der Waals surface area contributed by atoms with Crippen LogP contribution in [0.1, 0.15) is 5.56 Å². The summed E-state index contributed by atoms with van der Waals surface area (Å²) in [6.07, 6.45) is -4.47. The van der Waals surface area contributed by atoms with Crippen LogP contribution in [-0.2, 0) is 10.9 Å². The number of halogens is 3. The summed E-state index contributed by atoms with van der Waals surface area (Å²) < 4.78 is 49.9. The molecule has 0 atom stereocenters. The third-order valence-corrected chi connectivity index (χ3v) is 2.87. The molecule has 0 aromatic heterocycles. The lowest BCUT2D eigenvalue weighted by Gasteiger charge is -2.17. The van der Waals surface area contributed by atoms with Crippen molar-refractivity contribution in [2.24, 2.45) is 0 Å². The highest BCUT2D eigenvalue weighted by Gasteiger charge is 2.35. The number of hydrogen-bond acceptors (Lipinski definition) is 2. The molecule has 5 heteroatoms. The Morgan fingerprint density at radius 1 is 1.05 bits per heavy atom. The van der Waals surface area contributed by atoms with Gasteiger partial charge in [-0.15, -0.1) is 0 Å². The van der Waals surface area contributed by atoms with E-state index in [-0.39, 0.29) is 17.9 Å². The van der Waals surface area contributed by atoms with E-state index in [0.29, 0.717) is 12.2 Å². The Morgan fingerprint density at radius 2 is 1.76 bits per heavy atom. The zero-order chi connectivity index (χ0) is 15.3. The lowest BCUT2D eigenvalue weighted by atomic mass is 9.98. The maximum atomic E-state index is 13.2. The van der Waals surface area contributed by atoms with Crippen molar-refractivity contribution in [2.45, 2.75) is 6.18 Å². The van der Waals surface area contributed by atoms with Crippen LogP contribution in [0.4, 0.5) is 13.2 Å². The molecule has 0 heterocycles. The monoisotopic (exact) mass is 295 g/mol. The summed E-state index contributed by atoms with van der Waals surface area (Å²) in [4.78, 5) is 0. The highest BCUT2D eigenvalue weighted by Crippen LogP contribution is 2.41. The van der Waals surface area contributed by atoms with E-state index in [4.69, 9.17) is 9.47 Å². The van der Waals surface area contributed by atoms with Crippen LogP contribution >= 0.6 is 0 Å². The van der Waals surface area contributed by atoms with Gasteiger partial charge in [0.1, 0.15) is 12.4 Å².